The van der Waals surface area contributed by atoms with Crippen molar-refractivity contribution < 1.29 is 9.90 Å². The summed E-state index contributed by atoms with van der Waals surface area (Å²) >= 11 is 0. The van der Waals surface area contributed by atoms with E-state index in [1.807, 2.05) is 31.2 Å². The molecule has 0 heterocycles. The van der Waals surface area contributed by atoms with Gasteiger partial charge in [0.1, 0.15) is 6.07 Å². The molecule has 0 atom stereocenters. The van der Waals surface area contributed by atoms with Crippen molar-refractivity contribution in [2.45, 2.75) is 6.92 Å². The average Bonchev–Trinajstić information content (AvgIpc) is 2.21. The maximum atomic E-state index is 10.5. The van der Waals surface area contributed by atoms with Crippen LogP contribution in [0.3, 0.4) is 0 Å². The second kappa shape index (κ2) is 4.82. The Morgan fingerprint density at radius 1 is 1.47 bits per heavy atom. The van der Waals surface area contributed by atoms with E-state index in [2.05, 4.69) is 5.32 Å². The molecule has 15 heavy (non-hydrogen) atoms. The van der Waals surface area contributed by atoms with Gasteiger partial charge in [0, 0.05) is 11.9 Å². The molecule has 1 aromatic rings. The van der Waals surface area contributed by atoms with Crippen molar-refractivity contribution in [2.24, 2.45) is 0 Å². The van der Waals surface area contributed by atoms with E-state index in [-0.39, 0.29) is 5.57 Å². The van der Waals surface area contributed by atoms with E-state index in [0.29, 0.717) is 0 Å². The average molecular weight is 202 g/mol. The van der Waals surface area contributed by atoms with Crippen LogP contribution in [0.2, 0.25) is 0 Å². The van der Waals surface area contributed by atoms with Gasteiger partial charge >= 0.3 is 5.97 Å². The quantitative estimate of drug-likeness (QED) is 0.580. The minimum absolute atomic E-state index is 0.324. The van der Waals surface area contributed by atoms with E-state index in [0.717, 1.165) is 11.3 Å². The maximum absolute atomic E-state index is 10.5. The standard InChI is InChI=1S/C11H10N2O2/c1-8-2-4-10(5-3-8)13-7-9(6-12)11(14)15/h2-5,7,13H,1H3,(H,14,15). The highest BCUT2D eigenvalue weighted by Gasteiger charge is 2.04. The third kappa shape index (κ3) is 3.16. The predicted molar refractivity (Wildman–Crippen MR) is 56.1 cm³/mol. The van der Waals surface area contributed by atoms with Crippen molar-refractivity contribution in [3.05, 3.63) is 41.6 Å². The van der Waals surface area contributed by atoms with Crippen LogP contribution in [0.5, 0.6) is 0 Å². The van der Waals surface area contributed by atoms with Gasteiger partial charge in [-0.05, 0) is 19.1 Å². The van der Waals surface area contributed by atoms with Crippen LogP contribution in [0.25, 0.3) is 0 Å². The van der Waals surface area contributed by atoms with Gasteiger partial charge in [-0.3, -0.25) is 0 Å². The van der Waals surface area contributed by atoms with Crippen LogP contribution in [0, 0.1) is 18.3 Å². The molecule has 0 bridgehead atoms. The number of anilines is 1. The summed E-state index contributed by atoms with van der Waals surface area (Å²) in [6, 6.07) is 8.98. The number of carbonyl (C=O) groups is 1. The van der Waals surface area contributed by atoms with Gasteiger partial charge in [0.25, 0.3) is 0 Å². The summed E-state index contributed by atoms with van der Waals surface area (Å²) in [5.74, 6) is -1.24. The number of carboxylic acid groups (broad SMARTS) is 1. The van der Waals surface area contributed by atoms with Gasteiger partial charge in [-0.15, -0.1) is 0 Å². The second-order valence-corrected chi connectivity index (χ2v) is 2.99. The molecule has 0 amide bonds. The lowest BCUT2D eigenvalue weighted by molar-refractivity contribution is -0.132. The first-order chi connectivity index (χ1) is 7.13. The zero-order valence-corrected chi connectivity index (χ0v) is 8.19. The topological polar surface area (TPSA) is 73.1 Å². The number of benzene rings is 1. The van der Waals surface area contributed by atoms with E-state index < -0.39 is 5.97 Å². The summed E-state index contributed by atoms with van der Waals surface area (Å²) in [4.78, 5) is 10.5. The largest absolute Gasteiger partial charge is 0.477 e. The molecule has 0 radical (unpaired) electrons. The van der Waals surface area contributed by atoms with E-state index in [1.54, 1.807) is 6.07 Å². The first-order valence-corrected chi connectivity index (χ1v) is 4.30. The molecule has 76 valence electrons. The van der Waals surface area contributed by atoms with Crippen molar-refractivity contribution >= 4 is 11.7 Å². The van der Waals surface area contributed by atoms with E-state index >= 15 is 0 Å². The monoisotopic (exact) mass is 202 g/mol. The van der Waals surface area contributed by atoms with Gasteiger partial charge in [-0.1, -0.05) is 17.7 Å². The van der Waals surface area contributed by atoms with Crippen LogP contribution >= 0.6 is 0 Å². The number of nitrogens with one attached hydrogen (secondary N) is 1. The first kappa shape index (κ1) is 10.8. The number of hydrogen-bond acceptors (Lipinski definition) is 3. The van der Waals surface area contributed by atoms with Crippen LogP contribution in [0.15, 0.2) is 36.0 Å². The van der Waals surface area contributed by atoms with Crippen LogP contribution in [-0.4, -0.2) is 11.1 Å². The van der Waals surface area contributed by atoms with Gasteiger partial charge in [-0.2, -0.15) is 5.26 Å². The Labute approximate surface area is 87.5 Å². The summed E-state index contributed by atoms with van der Waals surface area (Å²) in [6.07, 6.45) is 1.17. The van der Waals surface area contributed by atoms with Crippen LogP contribution in [-0.2, 0) is 4.79 Å². The summed E-state index contributed by atoms with van der Waals surface area (Å²) in [5.41, 5.74) is 1.54. The minimum atomic E-state index is -1.24. The highest BCUT2D eigenvalue weighted by atomic mass is 16.4. The highest BCUT2D eigenvalue weighted by molar-refractivity contribution is 5.91. The van der Waals surface area contributed by atoms with Crippen LogP contribution in [0.1, 0.15) is 5.56 Å². The Hall–Kier alpha value is -2.28. The fraction of sp³-hybridized carbons (Fsp3) is 0.0909. The fourth-order valence-corrected chi connectivity index (χ4v) is 0.947. The fourth-order valence-electron chi connectivity index (χ4n) is 0.947. The lowest BCUT2D eigenvalue weighted by Gasteiger charge is -2.00. The van der Waals surface area contributed by atoms with Crippen molar-refractivity contribution in [1.82, 2.24) is 0 Å². The molecule has 2 N–H and O–H groups in total. The molecule has 4 heteroatoms. The van der Waals surface area contributed by atoms with Crippen molar-refractivity contribution in [3.63, 3.8) is 0 Å². The maximum Gasteiger partial charge on any atom is 0.347 e. The Morgan fingerprint density at radius 2 is 2.07 bits per heavy atom. The summed E-state index contributed by atoms with van der Waals surface area (Å²) in [7, 11) is 0. The van der Waals surface area contributed by atoms with Crippen LogP contribution in [0.4, 0.5) is 5.69 Å². The molecule has 0 spiro atoms. The molecule has 0 aliphatic carbocycles. The van der Waals surface area contributed by atoms with E-state index in [9.17, 15) is 4.79 Å². The number of nitriles is 1. The van der Waals surface area contributed by atoms with Crippen molar-refractivity contribution in [2.75, 3.05) is 5.32 Å². The molecule has 0 aliphatic rings. The van der Waals surface area contributed by atoms with E-state index in [1.165, 1.54) is 6.20 Å². The van der Waals surface area contributed by atoms with E-state index in [4.69, 9.17) is 10.4 Å². The molecule has 0 saturated carbocycles. The number of rotatable bonds is 3. The molecule has 0 saturated heterocycles. The molecular weight excluding hydrogens is 192 g/mol. The Kier molecular flexibility index (Phi) is 3.47. The number of aryl methyl sites for hydroxylation is 1. The molecule has 0 unspecified atom stereocenters. The van der Waals surface area contributed by atoms with Gasteiger partial charge in [0.15, 0.2) is 5.57 Å². The Balaban J connectivity index is 2.76. The lowest BCUT2D eigenvalue weighted by Crippen LogP contribution is -2.01. The lowest BCUT2D eigenvalue weighted by atomic mass is 10.2. The Morgan fingerprint density at radius 3 is 2.53 bits per heavy atom. The number of nitrogens with zero attached hydrogens (tertiary/aromatic N) is 1. The third-order valence-electron chi connectivity index (χ3n) is 1.79. The molecule has 0 aliphatic heterocycles. The van der Waals surface area contributed by atoms with Crippen LogP contribution < -0.4 is 5.32 Å². The molecule has 1 aromatic carbocycles. The number of carboxylic acids is 1. The summed E-state index contributed by atoms with van der Waals surface area (Å²) < 4.78 is 0. The summed E-state index contributed by atoms with van der Waals surface area (Å²) in [6.45, 7) is 1.96. The SMILES string of the molecule is Cc1ccc(NC=C(C#N)C(=O)O)cc1. The minimum Gasteiger partial charge on any atom is -0.477 e. The summed E-state index contributed by atoms with van der Waals surface area (Å²) in [5, 5.41) is 19.8. The van der Waals surface area contributed by atoms with Crippen molar-refractivity contribution in [3.8, 4) is 6.07 Å². The highest BCUT2D eigenvalue weighted by Crippen LogP contribution is 2.08. The molecule has 0 fully saturated rings. The smallest absolute Gasteiger partial charge is 0.347 e. The van der Waals surface area contributed by atoms with Gasteiger partial charge in [0.05, 0.1) is 0 Å². The first-order valence-electron chi connectivity index (χ1n) is 4.30. The zero-order chi connectivity index (χ0) is 11.3. The predicted octanol–water partition coefficient (Wildman–Crippen LogP) is 1.90. The van der Waals surface area contributed by atoms with Crippen molar-refractivity contribution in [1.29, 1.82) is 5.26 Å². The molecular formula is C11H10N2O2. The third-order valence-corrected chi connectivity index (χ3v) is 1.79. The number of aliphatic carboxylic acids is 1. The molecule has 0 aromatic heterocycles. The molecule has 1 rings (SSSR count). The zero-order valence-electron chi connectivity index (χ0n) is 8.19. The van der Waals surface area contributed by atoms with Gasteiger partial charge in [-0.25, -0.2) is 4.79 Å². The molecule has 4 nitrogen and oxygen atoms in total. The second-order valence-electron chi connectivity index (χ2n) is 2.99. The van der Waals surface area contributed by atoms with Gasteiger partial charge < -0.3 is 10.4 Å². The normalized spacial score (nSPS) is 10.5. The number of hydrogen-bond donors (Lipinski definition) is 2. The Bertz CT molecular complexity index is 427. The van der Waals surface area contributed by atoms with Gasteiger partial charge in [0.2, 0.25) is 0 Å².